The minimum absolute atomic E-state index is 0.0349. The second kappa shape index (κ2) is 6.11. The molecule has 0 aromatic heterocycles. The van der Waals surface area contributed by atoms with Crippen LogP contribution in [0.15, 0.2) is 0 Å². The summed E-state index contributed by atoms with van der Waals surface area (Å²) in [4.78, 5) is 11.4. The third-order valence-corrected chi connectivity index (χ3v) is 2.09. The van der Waals surface area contributed by atoms with Gasteiger partial charge in [0.15, 0.2) is 0 Å². The van der Waals surface area contributed by atoms with Gasteiger partial charge in [0.2, 0.25) is 5.91 Å². The van der Waals surface area contributed by atoms with Crippen molar-refractivity contribution in [3.05, 3.63) is 0 Å². The Morgan fingerprint density at radius 2 is 1.87 bits per heavy atom. The van der Waals surface area contributed by atoms with Gasteiger partial charge in [-0.2, -0.15) is 0 Å². The number of hydrogen-bond acceptors (Lipinski definition) is 2. The lowest BCUT2D eigenvalue weighted by Gasteiger charge is -2.22. The van der Waals surface area contributed by atoms with Crippen LogP contribution in [-0.4, -0.2) is 23.7 Å². The van der Waals surface area contributed by atoms with E-state index in [0.29, 0.717) is 18.9 Å². The summed E-state index contributed by atoms with van der Waals surface area (Å²) in [6, 6.07) is 0. The highest BCUT2D eigenvalue weighted by Crippen LogP contribution is 2.25. The van der Waals surface area contributed by atoms with Crippen LogP contribution in [0.1, 0.15) is 47.5 Å². The molecule has 3 heteroatoms. The zero-order valence-electron chi connectivity index (χ0n) is 10.6. The fourth-order valence-corrected chi connectivity index (χ4v) is 1.77. The Morgan fingerprint density at radius 1 is 1.33 bits per heavy atom. The Morgan fingerprint density at radius 3 is 2.27 bits per heavy atom. The summed E-state index contributed by atoms with van der Waals surface area (Å²) in [5, 5.41) is 11.7. The van der Waals surface area contributed by atoms with Crippen LogP contribution in [0.2, 0.25) is 0 Å². The molecule has 0 spiro atoms. The number of hydrogen-bond donors (Lipinski definition) is 2. The quantitative estimate of drug-likeness (QED) is 0.736. The van der Waals surface area contributed by atoms with Crippen LogP contribution in [-0.2, 0) is 4.79 Å². The van der Waals surface area contributed by atoms with Crippen LogP contribution in [0.25, 0.3) is 0 Å². The Balaban J connectivity index is 3.77. The Labute approximate surface area is 93.3 Å². The molecule has 2 N–H and O–H groups in total. The average Bonchev–Trinajstić information content (AvgIpc) is 1.96. The van der Waals surface area contributed by atoms with Gasteiger partial charge in [-0.15, -0.1) is 0 Å². The standard InChI is InChI=1S/C12H25NO2/c1-9(7-12(3,4)5)6-11(15)13-8-10(2)14/h9-10,14H,6-8H2,1-5H3,(H,13,15)/t9-,10-/m1/s1. The molecule has 0 bridgehead atoms. The van der Waals surface area contributed by atoms with Gasteiger partial charge in [-0.05, 0) is 24.7 Å². The lowest BCUT2D eigenvalue weighted by atomic mass is 9.84. The number of amides is 1. The number of rotatable bonds is 5. The molecule has 0 saturated carbocycles. The maximum atomic E-state index is 11.4. The second-order valence-corrected chi connectivity index (χ2v) is 5.73. The maximum Gasteiger partial charge on any atom is 0.220 e. The molecule has 2 atom stereocenters. The molecule has 0 saturated heterocycles. The van der Waals surface area contributed by atoms with Crippen LogP contribution in [0.5, 0.6) is 0 Å². The topological polar surface area (TPSA) is 49.3 Å². The predicted octanol–water partition coefficient (Wildman–Crippen LogP) is 1.95. The Bertz CT molecular complexity index is 194. The van der Waals surface area contributed by atoms with Crippen LogP contribution in [0.3, 0.4) is 0 Å². The van der Waals surface area contributed by atoms with Crippen molar-refractivity contribution in [2.75, 3.05) is 6.54 Å². The van der Waals surface area contributed by atoms with Crippen molar-refractivity contribution in [1.29, 1.82) is 0 Å². The summed E-state index contributed by atoms with van der Waals surface area (Å²) < 4.78 is 0. The van der Waals surface area contributed by atoms with Crippen molar-refractivity contribution >= 4 is 5.91 Å². The summed E-state index contributed by atoms with van der Waals surface area (Å²) in [5.74, 6) is 0.423. The van der Waals surface area contributed by atoms with Crippen molar-refractivity contribution in [1.82, 2.24) is 5.32 Å². The number of carbonyl (C=O) groups is 1. The van der Waals surface area contributed by atoms with Gasteiger partial charge in [-0.3, -0.25) is 4.79 Å². The summed E-state index contributed by atoms with van der Waals surface area (Å²) in [5.41, 5.74) is 0.268. The van der Waals surface area contributed by atoms with E-state index in [-0.39, 0.29) is 11.3 Å². The van der Waals surface area contributed by atoms with Gasteiger partial charge < -0.3 is 10.4 Å². The molecule has 0 fully saturated rings. The van der Waals surface area contributed by atoms with E-state index in [4.69, 9.17) is 5.11 Å². The normalized spacial score (nSPS) is 15.9. The zero-order valence-corrected chi connectivity index (χ0v) is 10.6. The second-order valence-electron chi connectivity index (χ2n) is 5.73. The molecule has 15 heavy (non-hydrogen) atoms. The molecule has 0 radical (unpaired) electrons. The largest absolute Gasteiger partial charge is 0.392 e. The third-order valence-electron chi connectivity index (χ3n) is 2.09. The van der Waals surface area contributed by atoms with Gasteiger partial charge in [0.05, 0.1) is 6.10 Å². The van der Waals surface area contributed by atoms with Gasteiger partial charge in [0.25, 0.3) is 0 Å². The van der Waals surface area contributed by atoms with Gasteiger partial charge in [-0.1, -0.05) is 27.7 Å². The third kappa shape index (κ3) is 9.73. The fourth-order valence-electron chi connectivity index (χ4n) is 1.77. The van der Waals surface area contributed by atoms with E-state index in [0.717, 1.165) is 6.42 Å². The van der Waals surface area contributed by atoms with Crippen LogP contribution in [0, 0.1) is 11.3 Å². The molecule has 1 amide bonds. The first kappa shape index (κ1) is 14.4. The van der Waals surface area contributed by atoms with E-state index < -0.39 is 6.10 Å². The Kier molecular flexibility index (Phi) is 5.88. The zero-order chi connectivity index (χ0) is 12.1. The lowest BCUT2D eigenvalue weighted by Crippen LogP contribution is -2.31. The molecule has 0 aliphatic heterocycles. The van der Waals surface area contributed by atoms with Crippen LogP contribution >= 0.6 is 0 Å². The van der Waals surface area contributed by atoms with Crippen molar-refractivity contribution in [3.8, 4) is 0 Å². The first-order valence-electron chi connectivity index (χ1n) is 5.65. The first-order chi connectivity index (χ1) is 6.70. The van der Waals surface area contributed by atoms with Gasteiger partial charge in [0, 0.05) is 13.0 Å². The van der Waals surface area contributed by atoms with E-state index in [1.807, 2.05) is 0 Å². The summed E-state index contributed by atoms with van der Waals surface area (Å²) >= 11 is 0. The molecule has 0 aliphatic rings. The van der Waals surface area contributed by atoms with E-state index in [9.17, 15) is 4.79 Å². The summed E-state index contributed by atoms with van der Waals surface area (Å²) in [6.07, 6.45) is 1.12. The summed E-state index contributed by atoms with van der Waals surface area (Å²) in [7, 11) is 0. The molecule has 0 aromatic carbocycles. The smallest absolute Gasteiger partial charge is 0.220 e. The molecule has 0 unspecified atom stereocenters. The van der Waals surface area contributed by atoms with Crippen molar-refractivity contribution in [3.63, 3.8) is 0 Å². The van der Waals surface area contributed by atoms with Crippen molar-refractivity contribution in [2.45, 2.75) is 53.6 Å². The molecule has 0 rings (SSSR count). The fraction of sp³-hybridized carbons (Fsp3) is 0.917. The number of aliphatic hydroxyl groups excluding tert-OH is 1. The maximum absolute atomic E-state index is 11.4. The van der Waals surface area contributed by atoms with E-state index in [2.05, 4.69) is 33.0 Å². The minimum Gasteiger partial charge on any atom is -0.392 e. The first-order valence-corrected chi connectivity index (χ1v) is 5.65. The molecular weight excluding hydrogens is 190 g/mol. The number of aliphatic hydroxyl groups is 1. The number of nitrogens with one attached hydrogen (secondary N) is 1. The highest BCUT2D eigenvalue weighted by molar-refractivity contribution is 5.76. The van der Waals surface area contributed by atoms with E-state index in [1.54, 1.807) is 6.92 Å². The predicted molar refractivity (Wildman–Crippen MR) is 62.5 cm³/mol. The molecule has 0 aliphatic carbocycles. The van der Waals surface area contributed by atoms with Gasteiger partial charge >= 0.3 is 0 Å². The van der Waals surface area contributed by atoms with Gasteiger partial charge in [0.1, 0.15) is 0 Å². The van der Waals surface area contributed by atoms with Gasteiger partial charge in [-0.25, -0.2) is 0 Å². The monoisotopic (exact) mass is 215 g/mol. The van der Waals surface area contributed by atoms with Crippen LogP contribution < -0.4 is 5.32 Å². The molecule has 3 nitrogen and oxygen atoms in total. The Hall–Kier alpha value is -0.570. The van der Waals surface area contributed by atoms with Crippen molar-refractivity contribution in [2.24, 2.45) is 11.3 Å². The summed E-state index contributed by atoms with van der Waals surface area (Å²) in [6.45, 7) is 10.6. The molecule has 0 heterocycles. The molecule has 90 valence electrons. The number of carbonyl (C=O) groups excluding carboxylic acids is 1. The lowest BCUT2D eigenvalue weighted by molar-refractivity contribution is -0.122. The van der Waals surface area contributed by atoms with E-state index >= 15 is 0 Å². The average molecular weight is 215 g/mol. The van der Waals surface area contributed by atoms with Crippen molar-refractivity contribution < 1.29 is 9.90 Å². The SMILES string of the molecule is C[C@H](CC(=O)NC[C@@H](C)O)CC(C)(C)C. The minimum atomic E-state index is -0.466. The van der Waals surface area contributed by atoms with Crippen LogP contribution in [0.4, 0.5) is 0 Å². The van der Waals surface area contributed by atoms with E-state index in [1.165, 1.54) is 0 Å². The molecular formula is C12H25NO2. The highest BCUT2D eigenvalue weighted by Gasteiger charge is 2.17. The highest BCUT2D eigenvalue weighted by atomic mass is 16.3. The molecule has 0 aromatic rings.